The van der Waals surface area contributed by atoms with Crippen molar-refractivity contribution in [2.45, 2.75) is 13.0 Å². The Morgan fingerprint density at radius 1 is 1.00 bits per heavy atom. The average Bonchev–Trinajstić information content (AvgIpc) is 2.75. The zero-order valence-corrected chi connectivity index (χ0v) is 20.4. The number of para-hydroxylation sites is 1. The van der Waals surface area contributed by atoms with Crippen LogP contribution in [0.5, 0.6) is 17.2 Å². The summed E-state index contributed by atoms with van der Waals surface area (Å²) in [6.45, 7) is 1.47. The third-order valence-electron chi connectivity index (χ3n) is 4.65. The Kier molecular flexibility index (Phi) is 7.73. The molecule has 0 aliphatic rings. The Morgan fingerprint density at radius 2 is 1.67 bits per heavy atom. The Morgan fingerprint density at radius 3 is 2.27 bits per heavy atom. The van der Waals surface area contributed by atoms with E-state index in [1.807, 2.05) is 18.2 Å². The SMILES string of the molecule is COc1ccc(N([C@H](C)C(=O)Nc2cc(Cl)ccc2Oc2ccccc2)S(C)(=O)=O)cc1Cl. The fourth-order valence-corrected chi connectivity index (χ4v) is 4.73. The van der Waals surface area contributed by atoms with Crippen LogP contribution in [0, 0.1) is 0 Å². The van der Waals surface area contributed by atoms with E-state index in [2.05, 4.69) is 5.32 Å². The number of sulfonamides is 1. The molecule has 0 spiro atoms. The van der Waals surface area contributed by atoms with Crippen molar-refractivity contribution in [3.05, 3.63) is 76.8 Å². The molecule has 10 heteroatoms. The summed E-state index contributed by atoms with van der Waals surface area (Å²) in [5, 5.41) is 3.31. The Bertz CT molecular complexity index is 1250. The zero-order chi connectivity index (χ0) is 24.2. The number of rotatable bonds is 8. The van der Waals surface area contributed by atoms with Crippen molar-refractivity contribution in [1.29, 1.82) is 0 Å². The van der Waals surface area contributed by atoms with Crippen LogP contribution in [-0.4, -0.2) is 33.7 Å². The highest BCUT2D eigenvalue weighted by molar-refractivity contribution is 7.92. The van der Waals surface area contributed by atoms with Crippen LogP contribution in [-0.2, 0) is 14.8 Å². The fourth-order valence-electron chi connectivity index (χ4n) is 3.14. The van der Waals surface area contributed by atoms with E-state index in [4.69, 9.17) is 32.7 Å². The highest BCUT2D eigenvalue weighted by Crippen LogP contribution is 2.34. The second-order valence-electron chi connectivity index (χ2n) is 7.10. The minimum absolute atomic E-state index is 0.213. The smallest absolute Gasteiger partial charge is 0.248 e. The molecule has 33 heavy (non-hydrogen) atoms. The molecule has 3 aromatic rings. The number of carbonyl (C=O) groups is 1. The molecule has 1 atom stereocenters. The molecule has 3 rings (SSSR count). The van der Waals surface area contributed by atoms with Crippen LogP contribution in [0.4, 0.5) is 11.4 Å². The lowest BCUT2D eigenvalue weighted by molar-refractivity contribution is -0.116. The number of hydrogen-bond acceptors (Lipinski definition) is 5. The number of nitrogens with zero attached hydrogens (tertiary/aromatic N) is 1. The van der Waals surface area contributed by atoms with Crippen LogP contribution in [0.2, 0.25) is 10.0 Å². The van der Waals surface area contributed by atoms with Crippen LogP contribution in [0.15, 0.2) is 66.7 Å². The summed E-state index contributed by atoms with van der Waals surface area (Å²) < 4.78 is 37.1. The number of nitrogens with one attached hydrogen (secondary N) is 1. The molecule has 0 bridgehead atoms. The van der Waals surface area contributed by atoms with Crippen molar-refractivity contribution in [2.75, 3.05) is 23.0 Å². The third kappa shape index (κ3) is 6.10. The van der Waals surface area contributed by atoms with Gasteiger partial charge in [-0.1, -0.05) is 41.4 Å². The molecular weight excluding hydrogens is 487 g/mol. The van der Waals surface area contributed by atoms with E-state index in [1.54, 1.807) is 24.3 Å². The molecule has 3 aromatic carbocycles. The van der Waals surface area contributed by atoms with Gasteiger partial charge >= 0.3 is 0 Å². The molecule has 0 fully saturated rings. The standard InChI is InChI=1S/C23H22Cl2N2O5S/c1-15(27(33(3,29)30)17-10-12-21(31-2)19(25)14-17)23(28)26-20-13-16(24)9-11-22(20)32-18-7-5-4-6-8-18/h4-15H,1-3H3,(H,26,28)/t15-/m1/s1. The van der Waals surface area contributed by atoms with E-state index in [9.17, 15) is 13.2 Å². The Balaban J connectivity index is 1.91. The summed E-state index contributed by atoms with van der Waals surface area (Å²) in [5.41, 5.74) is 0.516. The van der Waals surface area contributed by atoms with Gasteiger partial charge in [0.25, 0.3) is 0 Å². The first-order chi connectivity index (χ1) is 15.6. The topological polar surface area (TPSA) is 84.9 Å². The van der Waals surface area contributed by atoms with Gasteiger partial charge in [0.05, 0.1) is 29.8 Å². The van der Waals surface area contributed by atoms with Crippen LogP contribution in [0.3, 0.4) is 0 Å². The maximum atomic E-state index is 13.1. The molecule has 174 valence electrons. The molecule has 1 N–H and O–H groups in total. The number of hydrogen-bond donors (Lipinski definition) is 1. The first-order valence-electron chi connectivity index (χ1n) is 9.76. The minimum Gasteiger partial charge on any atom is -0.495 e. The Labute approximate surface area is 202 Å². The van der Waals surface area contributed by atoms with Crippen LogP contribution in [0.25, 0.3) is 0 Å². The first-order valence-corrected chi connectivity index (χ1v) is 12.4. The van der Waals surface area contributed by atoms with E-state index in [-0.39, 0.29) is 10.7 Å². The maximum absolute atomic E-state index is 13.1. The largest absolute Gasteiger partial charge is 0.495 e. The second-order valence-corrected chi connectivity index (χ2v) is 9.80. The van der Waals surface area contributed by atoms with Crippen LogP contribution in [0.1, 0.15) is 6.92 Å². The predicted octanol–water partition coefficient (Wildman–Crippen LogP) is 5.59. The molecule has 0 aliphatic heterocycles. The summed E-state index contributed by atoms with van der Waals surface area (Å²) in [7, 11) is -2.39. The molecule has 0 unspecified atom stereocenters. The van der Waals surface area contributed by atoms with E-state index >= 15 is 0 Å². The molecular formula is C23H22Cl2N2O5S. The predicted molar refractivity (Wildman–Crippen MR) is 131 cm³/mol. The number of halogens is 2. The van der Waals surface area contributed by atoms with Gasteiger partial charge < -0.3 is 14.8 Å². The molecule has 0 aromatic heterocycles. The second kappa shape index (κ2) is 10.3. The quantitative estimate of drug-likeness (QED) is 0.428. The summed E-state index contributed by atoms with van der Waals surface area (Å²) >= 11 is 12.3. The summed E-state index contributed by atoms with van der Waals surface area (Å²) in [4.78, 5) is 13.1. The highest BCUT2D eigenvalue weighted by Gasteiger charge is 2.30. The van der Waals surface area contributed by atoms with Crippen LogP contribution >= 0.6 is 23.2 Å². The van der Waals surface area contributed by atoms with Gasteiger partial charge in [-0.15, -0.1) is 0 Å². The van der Waals surface area contributed by atoms with Gasteiger partial charge in [-0.2, -0.15) is 0 Å². The lowest BCUT2D eigenvalue weighted by Gasteiger charge is -2.28. The van der Waals surface area contributed by atoms with E-state index < -0.39 is 22.0 Å². The molecule has 0 saturated carbocycles. The van der Waals surface area contributed by atoms with Crippen molar-refractivity contribution in [3.8, 4) is 17.2 Å². The molecule has 0 radical (unpaired) electrons. The number of carbonyl (C=O) groups excluding carboxylic acids is 1. The number of amides is 1. The molecule has 0 heterocycles. The molecule has 0 aliphatic carbocycles. The maximum Gasteiger partial charge on any atom is 0.248 e. The van der Waals surface area contributed by atoms with Gasteiger partial charge in [-0.3, -0.25) is 9.10 Å². The normalized spacial score (nSPS) is 12.0. The van der Waals surface area contributed by atoms with Gasteiger partial charge in [-0.05, 0) is 55.5 Å². The number of ether oxygens (including phenoxy) is 2. The van der Waals surface area contributed by atoms with Gasteiger partial charge in [0.1, 0.15) is 17.5 Å². The first kappa shape index (κ1) is 24.7. The molecule has 1 amide bonds. The van der Waals surface area contributed by atoms with Gasteiger partial charge in [0.2, 0.25) is 15.9 Å². The summed E-state index contributed by atoms with van der Waals surface area (Å²) in [6, 6.07) is 17.1. The minimum atomic E-state index is -3.84. The van der Waals surface area contributed by atoms with E-state index in [1.165, 1.54) is 38.3 Å². The lowest BCUT2D eigenvalue weighted by Crippen LogP contribution is -2.45. The summed E-state index contributed by atoms with van der Waals surface area (Å²) in [6.07, 6.45) is 1.01. The van der Waals surface area contributed by atoms with Gasteiger partial charge in [-0.25, -0.2) is 8.42 Å². The van der Waals surface area contributed by atoms with Crippen LogP contribution < -0.4 is 19.1 Å². The third-order valence-corrected chi connectivity index (χ3v) is 6.42. The van der Waals surface area contributed by atoms with E-state index in [0.29, 0.717) is 28.0 Å². The molecule has 0 saturated heterocycles. The Hall–Kier alpha value is -2.94. The van der Waals surface area contributed by atoms with Crippen molar-refractivity contribution >= 4 is 50.5 Å². The van der Waals surface area contributed by atoms with Crippen molar-refractivity contribution in [1.82, 2.24) is 0 Å². The molecule has 7 nitrogen and oxygen atoms in total. The van der Waals surface area contributed by atoms with Gasteiger partial charge in [0.15, 0.2) is 5.75 Å². The monoisotopic (exact) mass is 508 g/mol. The van der Waals surface area contributed by atoms with E-state index in [0.717, 1.165) is 10.6 Å². The van der Waals surface area contributed by atoms with Crippen molar-refractivity contribution < 1.29 is 22.7 Å². The number of methoxy groups -OCH3 is 1. The van der Waals surface area contributed by atoms with Crippen molar-refractivity contribution in [2.24, 2.45) is 0 Å². The number of anilines is 2. The summed E-state index contributed by atoms with van der Waals surface area (Å²) in [5.74, 6) is 0.707. The fraction of sp³-hybridized carbons (Fsp3) is 0.174. The average molecular weight is 509 g/mol. The zero-order valence-electron chi connectivity index (χ0n) is 18.1. The lowest BCUT2D eigenvalue weighted by atomic mass is 10.2. The highest BCUT2D eigenvalue weighted by atomic mass is 35.5. The van der Waals surface area contributed by atoms with Crippen molar-refractivity contribution in [3.63, 3.8) is 0 Å². The van der Waals surface area contributed by atoms with Gasteiger partial charge in [0, 0.05) is 5.02 Å². The number of benzene rings is 3.